The van der Waals surface area contributed by atoms with Crippen LogP contribution in [0.15, 0.2) is 39.6 Å². The van der Waals surface area contributed by atoms with E-state index < -0.39 is 0 Å². The average Bonchev–Trinajstić information content (AvgIpc) is 2.27. The van der Waals surface area contributed by atoms with E-state index in [1.54, 1.807) is 0 Å². The monoisotopic (exact) mass is 265 g/mol. The zero-order valence-corrected chi connectivity index (χ0v) is 9.28. The molecule has 1 heterocycles. The van der Waals surface area contributed by atoms with Crippen LogP contribution >= 0.6 is 15.9 Å². The minimum Gasteiger partial charge on any atom is -0.393 e. The minimum atomic E-state index is -0.387. The maximum atomic E-state index is 11.2. The van der Waals surface area contributed by atoms with Gasteiger partial charge in [0.25, 0.3) is 5.56 Å². The van der Waals surface area contributed by atoms with E-state index in [1.807, 2.05) is 30.3 Å². The van der Waals surface area contributed by atoms with Crippen molar-refractivity contribution in [3.63, 3.8) is 0 Å². The van der Waals surface area contributed by atoms with Crippen LogP contribution in [0.5, 0.6) is 0 Å². The lowest BCUT2D eigenvalue weighted by molar-refractivity contribution is 0.993. The first-order chi connectivity index (χ1) is 7.20. The molecule has 15 heavy (non-hydrogen) atoms. The highest BCUT2D eigenvalue weighted by molar-refractivity contribution is 9.10. The number of benzene rings is 1. The third kappa shape index (κ3) is 1.78. The maximum Gasteiger partial charge on any atom is 0.288 e. The largest absolute Gasteiger partial charge is 0.393 e. The fourth-order valence-corrected chi connectivity index (χ4v) is 1.73. The number of hydrogen-bond acceptors (Lipinski definition) is 3. The molecule has 76 valence electrons. The van der Waals surface area contributed by atoms with Crippen molar-refractivity contribution in [1.82, 2.24) is 10.2 Å². The summed E-state index contributed by atoms with van der Waals surface area (Å²) in [6, 6.07) is 9.48. The van der Waals surface area contributed by atoms with Gasteiger partial charge in [-0.25, -0.2) is 5.10 Å². The summed E-state index contributed by atoms with van der Waals surface area (Å²) < 4.78 is 0.525. The van der Waals surface area contributed by atoms with Gasteiger partial charge < -0.3 is 5.73 Å². The zero-order chi connectivity index (χ0) is 10.8. The number of rotatable bonds is 1. The number of aromatic amines is 1. The van der Waals surface area contributed by atoms with Crippen LogP contribution in [0.3, 0.4) is 0 Å². The Kier molecular flexibility index (Phi) is 2.55. The second-order valence-electron chi connectivity index (χ2n) is 3.00. The summed E-state index contributed by atoms with van der Waals surface area (Å²) in [5.74, 6) is 0. The van der Waals surface area contributed by atoms with Crippen LogP contribution in [-0.2, 0) is 0 Å². The Morgan fingerprint density at radius 3 is 2.60 bits per heavy atom. The number of nitrogen functional groups attached to an aromatic ring is 1. The van der Waals surface area contributed by atoms with E-state index in [4.69, 9.17) is 5.73 Å². The molecule has 0 atom stereocenters. The van der Waals surface area contributed by atoms with Crippen LogP contribution in [0.2, 0.25) is 0 Å². The van der Waals surface area contributed by atoms with Gasteiger partial charge in [0.2, 0.25) is 0 Å². The summed E-state index contributed by atoms with van der Waals surface area (Å²) in [7, 11) is 0. The third-order valence-corrected chi connectivity index (χ3v) is 2.81. The number of nitrogens with zero attached hydrogens (tertiary/aromatic N) is 1. The summed E-state index contributed by atoms with van der Waals surface area (Å²) in [4.78, 5) is 11.2. The van der Waals surface area contributed by atoms with Crippen LogP contribution in [0.25, 0.3) is 11.3 Å². The molecule has 1 aromatic heterocycles. The van der Waals surface area contributed by atoms with E-state index in [0.717, 1.165) is 5.56 Å². The molecule has 3 N–H and O–H groups in total. The lowest BCUT2D eigenvalue weighted by atomic mass is 10.1. The summed E-state index contributed by atoms with van der Waals surface area (Å²) in [6.07, 6.45) is 0. The molecule has 0 saturated carbocycles. The number of halogens is 1. The van der Waals surface area contributed by atoms with Crippen molar-refractivity contribution in [3.05, 3.63) is 45.2 Å². The average molecular weight is 266 g/mol. The molecule has 2 aromatic rings. The predicted molar refractivity (Wildman–Crippen MR) is 62.4 cm³/mol. The van der Waals surface area contributed by atoms with E-state index in [2.05, 4.69) is 26.1 Å². The Balaban J connectivity index is 2.65. The van der Waals surface area contributed by atoms with Crippen molar-refractivity contribution in [1.29, 1.82) is 0 Å². The molecule has 0 aliphatic rings. The highest BCUT2D eigenvalue weighted by Crippen LogP contribution is 2.27. The van der Waals surface area contributed by atoms with Crippen LogP contribution < -0.4 is 11.3 Å². The quantitative estimate of drug-likeness (QED) is 0.826. The van der Waals surface area contributed by atoms with Crippen LogP contribution in [0.4, 0.5) is 5.69 Å². The highest BCUT2D eigenvalue weighted by atomic mass is 79.9. The van der Waals surface area contributed by atoms with Gasteiger partial charge in [0.05, 0.1) is 4.47 Å². The fraction of sp³-hybridized carbons (Fsp3) is 0. The molecule has 0 bridgehead atoms. The smallest absolute Gasteiger partial charge is 0.288 e. The molecule has 4 nitrogen and oxygen atoms in total. The molecule has 2 rings (SSSR count). The zero-order valence-electron chi connectivity index (χ0n) is 7.70. The number of anilines is 1. The van der Waals surface area contributed by atoms with Gasteiger partial charge in [-0.2, -0.15) is 5.10 Å². The summed E-state index contributed by atoms with van der Waals surface area (Å²) in [5.41, 5.74) is 6.87. The SMILES string of the molecule is Nc1c(Br)c(-c2ccccc2)n[nH]c1=O. The topological polar surface area (TPSA) is 71.8 Å². The van der Waals surface area contributed by atoms with Crippen molar-refractivity contribution in [3.8, 4) is 11.3 Å². The molecule has 5 heteroatoms. The number of hydrogen-bond donors (Lipinski definition) is 2. The molecular formula is C10H8BrN3O. The molecular weight excluding hydrogens is 258 g/mol. The highest BCUT2D eigenvalue weighted by Gasteiger charge is 2.09. The molecule has 0 fully saturated rings. The Morgan fingerprint density at radius 1 is 1.27 bits per heavy atom. The van der Waals surface area contributed by atoms with Gasteiger partial charge in [-0.1, -0.05) is 30.3 Å². The molecule has 0 aliphatic carbocycles. The lowest BCUT2D eigenvalue weighted by Crippen LogP contribution is -2.14. The van der Waals surface area contributed by atoms with Gasteiger partial charge in [-0.05, 0) is 15.9 Å². The molecule has 0 aliphatic heterocycles. The number of aromatic nitrogens is 2. The van der Waals surface area contributed by atoms with E-state index in [9.17, 15) is 4.79 Å². The van der Waals surface area contributed by atoms with Gasteiger partial charge >= 0.3 is 0 Å². The molecule has 0 amide bonds. The van der Waals surface area contributed by atoms with E-state index >= 15 is 0 Å². The van der Waals surface area contributed by atoms with Crippen LogP contribution in [0.1, 0.15) is 0 Å². The normalized spacial score (nSPS) is 10.2. The van der Waals surface area contributed by atoms with Crippen molar-refractivity contribution >= 4 is 21.6 Å². The summed E-state index contributed by atoms with van der Waals surface area (Å²) in [5, 5.41) is 6.29. The Hall–Kier alpha value is -1.62. The second kappa shape index (κ2) is 3.86. The van der Waals surface area contributed by atoms with Crippen LogP contribution in [0, 0.1) is 0 Å². The van der Waals surface area contributed by atoms with Gasteiger partial charge in [-0.3, -0.25) is 4.79 Å². The molecule has 1 aromatic carbocycles. The van der Waals surface area contributed by atoms with E-state index in [1.165, 1.54) is 0 Å². The molecule has 0 saturated heterocycles. The maximum absolute atomic E-state index is 11.2. The lowest BCUT2D eigenvalue weighted by Gasteiger charge is -2.04. The van der Waals surface area contributed by atoms with E-state index in [0.29, 0.717) is 10.2 Å². The fourth-order valence-electron chi connectivity index (χ4n) is 1.23. The first-order valence-corrected chi connectivity index (χ1v) is 5.08. The standard InChI is InChI=1S/C10H8BrN3O/c11-7-8(12)10(15)14-13-9(7)6-4-2-1-3-5-6/h1-5H,(H2,12,13)(H,14,15). The van der Waals surface area contributed by atoms with Gasteiger partial charge in [0, 0.05) is 5.56 Å². The number of H-pyrrole nitrogens is 1. The summed E-state index contributed by atoms with van der Waals surface area (Å²) >= 11 is 3.26. The second-order valence-corrected chi connectivity index (χ2v) is 3.79. The Bertz CT molecular complexity index is 536. The van der Waals surface area contributed by atoms with E-state index in [-0.39, 0.29) is 11.2 Å². The Labute approximate surface area is 94.3 Å². The van der Waals surface area contributed by atoms with Crippen LogP contribution in [-0.4, -0.2) is 10.2 Å². The van der Waals surface area contributed by atoms with Crippen molar-refractivity contribution in [2.75, 3.05) is 5.73 Å². The van der Waals surface area contributed by atoms with Crippen molar-refractivity contribution in [2.45, 2.75) is 0 Å². The van der Waals surface area contributed by atoms with Crippen molar-refractivity contribution < 1.29 is 0 Å². The first kappa shape index (κ1) is 9.92. The number of nitrogens with one attached hydrogen (secondary N) is 1. The van der Waals surface area contributed by atoms with Gasteiger partial charge in [-0.15, -0.1) is 0 Å². The molecule has 0 unspecified atom stereocenters. The van der Waals surface area contributed by atoms with Crippen molar-refractivity contribution in [2.24, 2.45) is 0 Å². The Morgan fingerprint density at radius 2 is 1.93 bits per heavy atom. The first-order valence-electron chi connectivity index (χ1n) is 4.29. The summed E-state index contributed by atoms with van der Waals surface area (Å²) in [6.45, 7) is 0. The molecule has 0 radical (unpaired) electrons. The van der Waals surface area contributed by atoms with Gasteiger partial charge in [0.1, 0.15) is 11.4 Å². The minimum absolute atomic E-state index is 0.142. The number of nitrogens with two attached hydrogens (primary N) is 1. The molecule has 0 spiro atoms. The van der Waals surface area contributed by atoms with Gasteiger partial charge in [0.15, 0.2) is 0 Å². The third-order valence-electron chi connectivity index (χ3n) is 2.01. The predicted octanol–water partition coefficient (Wildman–Crippen LogP) is 1.78.